The summed E-state index contributed by atoms with van der Waals surface area (Å²) in [4.78, 5) is 23.4. The lowest BCUT2D eigenvalue weighted by atomic mass is 10.1. The van der Waals surface area contributed by atoms with Crippen LogP contribution in [0.5, 0.6) is 0 Å². The summed E-state index contributed by atoms with van der Waals surface area (Å²) in [6.07, 6.45) is 0.149. The maximum Gasteiger partial charge on any atom is 0.417 e. The standard InChI is InChI=1S/C25H25F3N6O/c26-25(27,28)18-6-7-23(29-11-18)33-15-20-10-21(33)14-32(20)16-24(35)31-9-8-22-17(12-31)13-34(30-22)19-4-2-1-3-5-19/h1-7,11,13,20-21H,8-10,12,14-16H2. The van der Waals surface area contributed by atoms with Gasteiger partial charge >= 0.3 is 6.18 Å². The quantitative estimate of drug-likeness (QED) is 0.572. The van der Waals surface area contributed by atoms with Crippen molar-refractivity contribution in [1.82, 2.24) is 24.6 Å². The molecule has 0 aliphatic carbocycles. The van der Waals surface area contributed by atoms with Gasteiger partial charge < -0.3 is 9.80 Å². The lowest BCUT2D eigenvalue weighted by Crippen LogP contribution is -2.50. The highest BCUT2D eigenvalue weighted by atomic mass is 19.4. The highest BCUT2D eigenvalue weighted by Gasteiger charge is 2.44. The highest BCUT2D eigenvalue weighted by molar-refractivity contribution is 5.78. The monoisotopic (exact) mass is 482 g/mol. The summed E-state index contributed by atoms with van der Waals surface area (Å²) in [6.45, 7) is 2.96. The average molecular weight is 483 g/mol. The van der Waals surface area contributed by atoms with E-state index in [1.165, 1.54) is 6.07 Å². The normalized spacial score (nSPS) is 22.0. The molecular weight excluding hydrogens is 457 g/mol. The lowest BCUT2D eigenvalue weighted by Gasteiger charge is -2.36. The van der Waals surface area contributed by atoms with Crippen molar-refractivity contribution in [2.75, 3.05) is 31.1 Å². The molecule has 2 saturated heterocycles. The van der Waals surface area contributed by atoms with Gasteiger partial charge in [-0.1, -0.05) is 18.2 Å². The largest absolute Gasteiger partial charge is 0.417 e. The van der Waals surface area contributed by atoms with Crippen molar-refractivity contribution in [3.05, 3.63) is 71.7 Å². The molecule has 10 heteroatoms. The number of likely N-dealkylation sites (tertiary alicyclic amines) is 1. The number of aromatic nitrogens is 3. The number of pyridine rings is 1. The van der Waals surface area contributed by atoms with Gasteiger partial charge in [0, 0.05) is 62.6 Å². The fourth-order valence-corrected chi connectivity index (χ4v) is 5.46. The first-order valence-corrected chi connectivity index (χ1v) is 11.8. The van der Waals surface area contributed by atoms with Crippen molar-refractivity contribution in [2.24, 2.45) is 0 Å². The molecule has 7 nitrogen and oxygen atoms in total. The van der Waals surface area contributed by atoms with Crippen LogP contribution in [0.15, 0.2) is 54.9 Å². The number of piperazine rings is 1. The summed E-state index contributed by atoms with van der Waals surface area (Å²) >= 11 is 0. The lowest BCUT2D eigenvalue weighted by molar-refractivity contribution is -0.137. The Morgan fingerprint density at radius 1 is 1.06 bits per heavy atom. The van der Waals surface area contributed by atoms with Gasteiger partial charge in [-0.25, -0.2) is 9.67 Å². The van der Waals surface area contributed by atoms with Gasteiger partial charge in [0.1, 0.15) is 5.82 Å². The van der Waals surface area contributed by atoms with E-state index in [9.17, 15) is 18.0 Å². The zero-order valence-electron chi connectivity index (χ0n) is 19.0. The number of hydrogen-bond acceptors (Lipinski definition) is 5. The third-order valence-corrected chi connectivity index (χ3v) is 7.29. The summed E-state index contributed by atoms with van der Waals surface area (Å²) in [5.74, 6) is 0.672. The number of alkyl halides is 3. The predicted octanol–water partition coefficient (Wildman–Crippen LogP) is 3.13. The minimum Gasteiger partial charge on any atom is -0.351 e. The maximum absolute atomic E-state index is 13.1. The molecule has 5 heterocycles. The number of amides is 1. The minimum atomic E-state index is -4.39. The summed E-state index contributed by atoms with van der Waals surface area (Å²) < 4.78 is 40.4. The number of nitrogens with zero attached hydrogens (tertiary/aromatic N) is 6. The van der Waals surface area contributed by atoms with Crippen LogP contribution in [0, 0.1) is 0 Å². The smallest absolute Gasteiger partial charge is 0.351 e. The van der Waals surface area contributed by atoms with Crippen LogP contribution in [0.3, 0.4) is 0 Å². The van der Waals surface area contributed by atoms with Crippen LogP contribution < -0.4 is 4.90 Å². The minimum absolute atomic E-state index is 0.106. The Kier molecular flexibility index (Phi) is 5.28. The van der Waals surface area contributed by atoms with Crippen LogP contribution in [0.25, 0.3) is 5.69 Å². The summed E-state index contributed by atoms with van der Waals surface area (Å²) in [5, 5.41) is 4.70. The summed E-state index contributed by atoms with van der Waals surface area (Å²) in [7, 11) is 0. The van der Waals surface area contributed by atoms with E-state index in [0.29, 0.717) is 38.5 Å². The molecular formula is C25H25F3N6O. The van der Waals surface area contributed by atoms with Crippen molar-refractivity contribution >= 4 is 11.7 Å². The first-order chi connectivity index (χ1) is 16.8. The first kappa shape index (κ1) is 22.1. The molecule has 0 spiro atoms. The summed E-state index contributed by atoms with van der Waals surface area (Å²) in [5.41, 5.74) is 2.38. The molecule has 0 N–H and O–H groups in total. The number of fused-ring (bicyclic) bond motifs is 3. The van der Waals surface area contributed by atoms with Crippen molar-refractivity contribution < 1.29 is 18.0 Å². The molecule has 3 aliphatic heterocycles. The Bertz CT molecular complexity index is 1230. The molecule has 2 atom stereocenters. The van der Waals surface area contributed by atoms with Crippen LogP contribution in [0.2, 0.25) is 0 Å². The van der Waals surface area contributed by atoms with E-state index in [0.717, 1.165) is 42.0 Å². The Morgan fingerprint density at radius 3 is 2.57 bits per heavy atom. The van der Waals surface area contributed by atoms with Gasteiger partial charge in [-0.3, -0.25) is 9.69 Å². The molecule has 2 unspecified atom stereocenters. The van der Waals surface area contributed by atoms with E-state index in [4.69, 9.17) is 5.10 Å². The van der Waals surface area contributed by atoms with E-state index in [2.05, 4.69) is 14.8 Å². The molecule has 182 valence electrons. The van der Waals surface area contributed by atoms with Gasteiger partial charge in [0.25, 0.3) is 0 Å². The fourth-order valence-electron chi connectivity index (χ4n) is 5.46. The predicted molar refractivity (Wildman–Crippen MR) is 123 cm³/mol. The van der Waals surface area contributed by atoms with Crippen molar-refractivity contribution in [3.63, 3.8) is 0 Å². The molecule has 3 aliphatic rings. The van der Waals surface area contributed by atoms with E-state index in [1.54, 1.807) is 0 Å². The Hall–Kier alpha value is -3.40. The van der Waals surface area contributed by atoms with Gasteiger partial charge in [-0.05, 0) is 30.7 Å². The fraction of sp³-hybridized carbons (Fsp3) is 0.400. The van der Waals surface area contributed by atoms with Crippen LogP contribution in [-0.4, -0.2) is 68.7 Å². The second-order valence-electron chi connectivity index (χ2n) is 9.47. The number of hydrogen-bond donors (Lipinski definition) is 0. The van der Waals surface area contributed by atoms with E-state index in [-0.39, 0.29) is 18.0 Å². The second-order valence-corrected chi connectivity index (χ2v) is 9.47. The van der Waals surface area contributed by atoms with Crippen molar-refractivity contribution in [3.8, 4) is 5.69 Å². The zero-order chi connectivity index (χ0) is 24.2. The molecule has 1 aromatic carbocycles. The van der Waals surface area contributed by atoms with Crippen LogP contribution in [0.4, 0.5) is 19.0 Å². The van der Waals surface area contributed by atoms with Crippen molar-refractivity contribution in [2.45, 2.75) is 37.6 Å². The Morgan fingerprint density at radius 2 is 1.89 bits per heavy atom. The zero-order valence-corrected chi connectivity index (χ0v) is 19.0. The molecule has 3 aromatic rings. The molecule has 2 bridgehead atoms. The summed E-state index contributed by atoms with van der Waals surface area (Å²) in [6, 6.07) is 12.8. The van der Waals surface area contributed by atoms with Gasteiger partial charge in [0.15, 0.2) is 0 Å². The molecule has 2 aromatic heterocycles. The number of benzene rings is 1. The maximum atomic E-state index is 13.1. The average Bonchev–Trinajstić information content (AvgIpc) is 3.58. The number of anilines is 1. The third kappa shape index (κ3) is 4.16. The topological polar surface area (TPSA) is 57.5 Å². The van der Waals surface area contributed by atoms with Gasteiger partial charge in [0.2, 0.25) is 5.91 Å². The second kappa shape index (κ2) is 8.37. The molecule has 2 fully saturated rings. The highest BCUT2D eigenvalue weighted by Crippen LogP contribution is 2.35. The van der Waals surface area contributed by atoms with Crippen LogP contribution in [-0.2, 0) is 23.9 Å². The van der Waals surface area contributed by atoms with Gasteiger partial charge in [-0.15, -0.1) is 0 Å². The number of para-hydroxylation sites is 1. The van der Waals surface area contributed by atoms with Gasteiger partial charge in [-0.2, -0.15) is 18.3 Å². The number of carbonyl (C=O) groups excluding carboxylic acids is 1. The van der Waals surface area contributed by atoms with E-state index >= 15 is 0 Å². The van der Waals surface area contributed by atoms with Gasteiger partial charge in [0.05, 0.1) is 23.5 Å². The SMILES string of the molecule is O=C(CN1CC2CC1CN2c1ccc(C(F)(F)F)cn1)N1CCc2nn(-c3ccccc3)cc2C1. The number of halogens is 3. The van der Waals surface area contributed by atoms with E-state index < -0.39 is 11.7 Å². The van der Waals surface area contributed by atoms with E-state index in [1.807, 2.05) is 46.1 Å². The molecule has 35 heavy (non-hydrogen) atoms. The Labute approximate surface area is 200 Å². The molecule has 0 radical (unpaired) electrons. The van der Waals surface area contributed by atoms with Crippen molar-refractivity contribution in [1.29, 1.82) is 0 Å². The van der Waals surface area contributed by atoms with Crippen LogP contribution >= 0.6 is 0 Å². The third-order valence-electron chi connectivity index (χ3n) is 7.29. The molecule has 0 saturated carbocycles. The molecule has 6 rings (SSSR count). The first-order valence-electron chi connectivity index (χ1n) is 11.8. The molecule has 1 amide bonds. The van der Waals surface area contributed by atoms with Crippen LogP contribution in [0.1, 0.15) is 23.2 Å². The Balaban J connectivity index is 1.06. The number of rotatable bonds is 4. The number of carbonyl (C=O) groups is 1.